The number of fused-ring (bicyclic) bond motifs is 1. The fourth-order valence-corrected chi connectivity index (χ4v) is 2.83. The molecule has 1 heterocycles. The molecule has 0 saturated heterocycles. The summed E-state index contributed by atoms with van der Waals surface area (Å²) in [4.78, 5) is 4.72. The zero-order valence-corrected chi connectivity index (χ0v) is 15.4. The molecule has 3 rings (SSSR count). The Morgan fingerprint density at radius 3 is 2.40 bits per heavy atom. The molecule has 0 aliphatic rings. The van der Waals surface area contributed by atoms with E-state index < -0.39 is 0 Å². The van der Waals surface area contributed by atoms with Crippen molar-refractivity contribution in [3.8, 4) is 22.8 Å². The van der Waals surface area contributed by atoms with Crippen LogP contribution in [0.1, 0.15) is 13.8 Å². The lowest BCUT2D eigenvalue weighted by molar-refractivity contribution is 0.355. The van der Waals surface area contributed by atoms with Crippen molar-refractivity contribution in [1.29, 1.82) is 0 Å². The van der Waals surface area contributed by atoms with Gasteiger partial charge in [-0.05, 0) is 50.2 Å². The van der Waals surface area contributed by atoms with Crippen molar-refractivity contribution in [1.82, 2.24) is 0 Å². The van der Waals surface area contributed by atoms with Gasteiger partial charge in [-0.15, -0.1) is 0 Å². The van der Waals surface area contributed by atoms with Gasteiger partial charge in [0, 0.05) is 28.1 Å². The fourth-order valence-electron chi connectivity index (χ4n) is 2.66. The molecule has 130 valence electrons. The molecule has 25 heavy (non-hydrogen) atoms. The molecule has 0 atom stereocenters. The Morgan fingerprint density at radius 1 is 0.960 bits per heavy atom. The first-order valence-corrected chi connectivity index (χ1v) is 8.39. The summed E-state index contributed by atoms with van der Waals surface area (Å²) in [6.45, 7) is 4.08. The number of methoxy groups -OCH3 is 2. The Balaban J connectivity index is 2.26. The van der Waals surface area contributed by atoms with Gasteiger partial charge in [-0.2, -0.15) is 0 Å². The maximum atomic E-state index is 6.14. The van der Waals surface area contributed by atoms with Crippen LogP contribution >= 0.6 is 11.6 Å². The zero-order valence-electron chi connectivity index (χ0n) is 14.7. The van der Waals surface area contributed by atoms with Gasteiger partial charge in [-0.3, -0.25) is 4.99 Å². The molecule has 4 nitrogen and oxygen atoms in total. The van der Waals surface area contributed by atoms with Crippen molar-refractivity contribution in [2.24, 2.45) is 4.99 Å². The van der Waals surface area contributed by atoms with E-state index in [1.807, 2.05) is 56.3 Å². The van der Waals surface area contributed by atoms with E-state index in [9.17, 15) is 0 Å². The average Bonchev–Trinajstić information content (AvgIpc) is 2.60. The number of hydrogen-bond acceptors (Lipinski definition) is 4. The number of ether oxygens (including phenoxy) is 2. The van der Waals surface area contributed by atoms with Crippen molar-refractivity contribution in [3.05, 3.63) is 52.8 Å². The van der Waals surface area contributed by atoms with Gasteiger partial charge in [0.1, 0.15) is 11.3 Å². The molecule has 5 heteroatoms. The van der Waals surface area contributed by atoms with Crippen molar-refractivity contribution in [3.63, 3.8) is 0 Å². The minimum absolute atomic E-state index is 0.155. The third-order valence-corrected chi connectivity index (χ3v) is 4.01. The molecular weight excluding hydrogens is 338 g/mol. The van der Waals surface area contributed by atoms with Crippen LogP contribution in [0.2, 0.25) is 5.02 Å². The van der Waals surface area contributed by atoms with E-state index in [4.69, 9.17) is 30.5 Å². The highest BCUT2D eigenvalue weighted by Crippen LogP contribution is 2.33. The molecule has 1 aromatic heterocycles. The smallest absolute Gasteiger partial charge is 0.161 e. The molecular formula is C20H20ClNO3. The van der Waals surface area contributed by atoms with Crippen molar-refractivity contribution < 1.29 is 13.9 Å². The molecule has 2 aromatic carbocycles. The molecule has 0 radical (unpaired) electrons. The van der Waals surface area contributed by atoms with Crippen LogP contribution in [-0.4, -0.2) is 20.3 Å². The van der Waals surface area contributed by atoms with E-state index >= 15 is 0 Å². The second kappa shape index (κ2) is 7.19. The van der Waals surface area contributed by atoms with E-state index in [2.05, 4.69) is 0 Å². The molecule has 0 aliphatic heterocycles. The molecule has 3 aromatic rings. The highest BCUT2D eigenvalue weighted by molar-refractivity contribution is 6.31. The molecule has 0 amide bonds. The monoisotopic (exact) mass is 357 g/mol. The van der Waals surface area contributed by atoms with Gasteiger partial charge in [0.25, 0.3) is 0 Å². The Labute approximate surface area is 151 Å². The summed E-state index contributed by atoms with van der Waals surface area (Å²) in [7, 11) is 3.22. The fraction of sp³-hybridized carbons (Fsp3) is 0.250. The summed E-state index contributed by atoms with van der Waals surface area (Å²) >= 11 is 6.14. The summed E-state index contributed by atoms with van der Waals surface area (Å²) in [6, 6.07) is 13.3. The van der Waals surface area contributed by atoms with Crippen LogP contribution in [0.3, 0.4) is 0 Å². The summed E-state index contributed by atoms with van der Waals surface area (Å²) < 4.78 is 16.8. The lowest BCUT2D eigenvalue weighted by atomic mass is 10.1. The SMILES string of the molecule is COc1ccc(-c2cc(=NC(C)C)c3cc(Cl)ccc3o2)cc1OC. The van der Waals surface area contributed by atoms with Crippen LogP contribution in [0, 0.1) is 0 Å². The summed E-state index contributed by atoms with van der Waals surface area (Å²) in [5.41, 5.74) is 1.62. The molecule has 0 spiro atoms. The third kappa shape index (κ3) is 3.64. The molecule has 0 saturated carbocycles. The molecule has 0 aliphatic carbocycles. The second-order valence-electron chi connectivity index (χ2n) is 5.93. The summed E-state index contributed by atoms with van der Waals surface area (Å²) in [6.07, 6.45) is 0. The van der Waals surface area contributed by atoms with E-state index in [-0.39, 0.29) is 6.04 Å². The van der Waals surface area contributed by atoms with Gasteiger partial charge in [0.2, 0.25) is 0 Å². The van der Waals surface area contributed by atoms with Crippen molar-refractivity contribution >= 4 is 22.6 Å². The first kappa shape index (κ1) is 17.4. The maximum absolute atomic E-state index is 6.14. The minimum Gasteiger partial charge on any atom is -0.493 e. The third-order valence-electron chi connectivity index (χ3n) is 3.77. The molecule has 0 fully saturated rings. The topological polar surface area (TPSA) is 44.0 Å². The van der Waals surface area contributed by atoms with Crippen LogP contribution in [0.15, 0.2) is 51.9 Å². The number of halogens is 1. The maximum Gasteiger partial charge on any atom is 0.161 e. The van der Waals surface area contributed by atoms with E-state index in [0.717, 1.165) is 21.9 Å². The van der Waals surface area contributed by atoms with Crippen LogP contribution in [0.4, 0.5) is 0 Å². The Morgan fingerprint density at radius 2 is 1.72 bits per heavy atom. The van der Waals surface area contributed by atoms with Crippen molar-refractivity contribution in [2.45, 2.75) is 19.9 Å². The molecule has 0 unspecified atom stereocenters. The first-order chi connectivity index (χ1) is 12.0. The van der Waals surface area contributed by atoms with Gasteiger partial charge in [-0.25, -0.2) is 0 Å². The van der Waals surface area contributed by atoms with E-state index in [1.165, 1.54) is 0 Å². The lowest BCUT2D eigenvalue weighted by Crippen LogP contribution is -2.08. The van der Waals surface area contributed by atoms with Crippen LogP contribution in [0.5, 0.6) is 11.5 Å². The predicted octanol–water partition coefficient (Wildman–Crippen LogP) is 5.08. The summed E-state index contributed by atoms with van der Waals surface area (Å²) in [5.74, 6) is 2.02. The zero-order chi connectivity index (χ0) is 18.0. The van der Waals surface area contributed by atoms with Crippen LogP contribution in [0.25, 0.3) is 22.3 Å². The lowest BCUT2D eigenvalue weighted by Gasteiger charge is -2.10. The summed E-state index contributed by atoms with van der Waals surface area (Å²) in [5, 5.41) is 2.40. The van der Waals surface area contributed by atoms with Gasteiger partial charge in [0.15, 0.2) is 11.5 Å². The molecule has 0 bridgehead atoms. The minimum atomic E-state index is 0.155. The van der Waals surface area contributed by atoms with Gasteiger partial charge in [-0.1, -0.05) is 11.6 Å². The highest BCUT2D eigenvalue weighted by atomic mass is 35.5. The van der Waals surface area contributed by atoms with E-state index in [0.29, 0.717) is 22.3 Å². The largest absolute Gasteiger partial charge is 0.493 e. The standard InChI is InChI=1S/C20H20ClNO3/c1-12(2)22-16-11-19(25-17-8-6-14(21)10-15(16)17)13-5-7-18(23-3)20(9-13)24-4/h5-12H,1-4H3. The number of benzene rings is 2. The van der Waals surface area contributed by atoms with E-state index in [1.54, 1.807) is 14.2 Å². The predicted molar refractivity (Wildman–Crippen MR) is 100 cm³/mol. The number of hydrogen-bond donors (Lipinski definition) is 0. The Kier molecular flexibility index (Phi) is 5.00. The Hall–Kier alpha value is -2.46. The average molecular weight is 358 g/mol. The Bertz CT molecular complexity index is 976. The second-order valence-corrected chi connectivity index (χ2v) is 6.37. The molecule has 0 N–H and O–H groups in total. The van der Waals surface area contributed by atoms with Crippen molar-refractivity contribution in [2.75, 3.05) is 14.2 Å². The first-order valence-electron chi connectivity index (χ1n) is 8.01. The van der Waals surface area contributed by atoms with Crippen LogP contribution < -0.4 is 14.8 Å². The van der Waals surface area contributed by atoms with Gasteiger partial charge >= 0.3 is 0 Å². The highest BCUT2D eigenvalue weighted by Gasteiger charge is 2.10. The van der Waals surface area contributed by atoms with Gasteiger partial charge in [0.05, 0.1) is 19.6 Å². The number of rotatable bonds is 4. The quantitative estimate of drug-likeness (QED) is 0.654. The van der Waals surface area contributed by atoms with Gasteiger partial charge < -0.3 is 13.9 Å². The normalized spacial score (nSPS) is 12.0. The van der Waals surface area contributed by atoms with Crippen LogP contribution in [-0.2, 0) is 0 Å². The number of nitrogens with zero attached hydrogens (tertiary/aromatic N) is 1.